The Bertz CT molecular complexity index is 998. The van der Waals surface area contributed by atoms with Gasteiger partial charge in [0, 0.05) is 23.7 Å². The van der Waals surface area contributed by atoms with E-state index in [4.69, 9.17) is 16.0 Å². The summed E-state index contributed by atoms with van der Waals surface area (Å²) in [6.45, 7) is 0. The number of nitrogens with zero attached hydrogens (tertiary/aromatic N) is 1. The summed E-state index contributed by atoms with van der Waals surface area (Å²) in [5, 5.41) is 9.77. The minimum absolute atomic E-state index is 0.186. The van der Waals surface area contributed by atoms with Gasteiger partial charge in [-0.15, -0.1) is 11.3 Å². The fourth-order valence-corrected chi connectivity index (χ4v) is 4.51. The van der Waals surface area contributed by atoms with E-state index in [1.807, 2.05) is 30.3 Å². The Labute approximate surface area is 165 Å². The molecule has 8 heteroatoms. The van der Waals surface area contributed by atoms with Gasteiger partial charge in [-0.05, 0) is 24.3 Å². The summed E-state index contributed by atoms with van der Waals surface area (Å²) in [4.78, 5) is 24.7. The second-order valence-electron chi connectivity index (χ2n) is 6.85. The van der Waals surface area contributed by atoms with Gasteiger partial charge in [-0.25, -0.2) is 0 Å². The number of aromatic nitrogens is 1. The van der Waals surface area contributed by atoms with Crippen molar-refractivity contribution >= 4 is 28.0 Å². The van der Waals surface area contributed by atoms with Gasteiger partial charge >= 0.3 is 0 Å². The Morgan fingerprint density at radius 3 is 2.71 bits per heavy atom. The van der Waals surface area contributed by atoms with Gasteiger partial charge in [-0.2, -0.15) is 0 Å². The van der Waals surface area contributed by atoms with E-state index >= 15 is 0 Å². The van der Waals surface area contributed by atoms with E-state index in [1.54, 1.807) is 17.5 Å². The molecule has 1 saturated carbocycles. The highest BCUT2D eigenvalue weighted by Crippen LogP contribution is 2.34. The summed E-state index contributed by atoms with van der Waals surface area (Å²) in [7, 11) is 0. The second-order valence-corrected chi connectivity index (χ2v) is 7.77. The van der Waals surface area contributed by atoms with Crippen LogP contribution in [0.3, 0.4) is 0 Å². The van der Waals surface area contributed by atoms with Gasteiger partial charge in [-0.1, -0.05) is 35.5 Å². The molecular formula is C20H20N4O3S. The maximum absolute atomic E-state index is 13.1. The van der Waals surface area contributed by atoms with Crippen molar-refractivity contribution in [3.05, 3.63) is 59.2 Å². The summed E-state index contributed by atoms with van der Waals surface area (Å²) < 4.78 is 5.33. The molecule has 0 aliphatic heterocycles. The third-order valence-corrected chi connectivity index (χ3v) is 5.92. The Morgan fingerprint density at radius 1 is 1.18 bits per heavy atom. The Balaban J connectivity index is 1.56. The molecule has 5 N–H and O–H groups in total. The first-order valence-electron chi connectivity index (χ1n) is 9.00. The molecule has 28 heavy (non-hydrogen) atoms. The lowest BCUT2D eigenvalue weighted by molar-refractivity contribution is 0.0869. The van der Waals surface area contributed by atoms with Crippen LogP contribution in [-0.2, 0) is 0 Å². The number of nitrogens with two attached hydrogens (primary N) is 2. The van der Waals surface area contributed by atoms with E-state index in [0.717, 1.165) is 5.56 Å². The zero-order valence-corrected chi connectivity index (χ0v) is 15.8. The average Bonchev–Trinajstić information content (AvgIpc) is 3.42. The lowest BCUT2D eigenvalue weighted by Gasteiger charge is -2.22. The third kappa shape index (κ3) is 3.44. The molecule has 7 nitrogen and oxygen atoms in total. The van der Waals surface area contributed by atoms with Gasteiger partial charge in [0.05, 0.1) is 11.5 Å². The number of benzene rings is 1. The van der Waals surface area contributed by atoms with Gasteiger partial charge in [-0.3, -0.25) is 9.59 Å². The molecule has 3 unspecified atom stereocenters. The van der Waals surface area contributed by atoms with Crippen LogP contribution >= 0.6 is 11.3 Å². The zero-order valence-electron chi connectivity index (χ0n) is 15.0. The van der Waals surface area contributed by atoms with Crippen LogP contribution in [0.1, 0.15) is 33.8 Å². The van der Waals surface area contributed by atoms with Crippen molar-refractivity contribution in [1.29, 1.82) is 0 Å². The molecule has 1 amide bonds. The number of rotatable bonds is 6. The van der Waals surface area contributed by atoms with Crippen molar-refractivity contribution in [2.75, 3.05) is 5.32 Å². The third-order valence-electron chi connectivity index (χ3n) is 5.08. The van der Waals surface area contributed by atoms with Crippen molar-refractivity contribution in [2.24, 2.45) is 17.4 Å². The first-order valence-corrected chi connectivity index (χ1v) is 9.88. The number of amides is 1. The molecule has 0 spiro atoms. The van der Waals surface area contributed by atoms with Crippen LogP contribution in [0.5, 0.6) is 0 Å². The minimum Gasteiger partial charge on any atom is -0.373 e. The number of anilines is 1. The van der Waals surface area contributed by atoms with Crippen LogP contribution < -0.4 is 16.8 Å². The molecule has 3 atom stereocenters. The van der Waals surface area contributed by atoms with E-state index < -0.39 is 11.8 Å². The summed E-state index contributed by atoms with van der Waals surface area (Å²) in [5.74, 6) is -0.972. The normalized spacial score (nSPS) is 21.5. The van der Waals surface area contributed by atoms with E-state index in [0.29, 0.717) is 29.1 Å². The van der Waals surface area contributed by atoms with E-state index in [9.17, 15) is 9.59 Å². The quantitative estimate of drug-likeness (QED) is 0.550. The molecule has 2 aromatic heterocycles. The number of carbonyl (C=O) groups is 2. The summed E-state index contributed by atoms with van der Waals surface area (Å²) in [6.07, 6.45) is 1.42. The lowest BCUT2D eigenvalue weighted by Crippen LogP contribution is -2.39. The summed E-state index contributed by atoms with van der Waals surface area (Å²) in [5.41, 5.74) is 13.6. The number of Topliss-reactive ketones (excluding diaryl/α,β-unsaturated/α-hetero) is 1. The molecule has 3 aromatic rings. The Morgan fingerprint density at radius 2 is 1.96 bits per heavy atom. The van der Waals surface area contributed by atoms with Crippen LogP contribution in [0.2, 0.25) is 0 Å². The number of ketones is 1. The van der Waals surface area contributed by atoms with E-state index in [2.05, 4.69) is 10.5 Å². The van der Waals surface area contributed by atoms with Crippen LogP contribution in [0.15, 0.2) is 52.4 Å². The number of hydrogen-bond donors (Lipinski definition) is 3. The number of nitrogens with one attached hydrogen (secondary N) is 1. The molecule has 2 heterocycles. The maximum atomic E-state index is 13.1. The number of thiophene rings is 1. The van der Waals surface area contributed by atoms with Gasteiger partial charge in [0.1, 0.15) is 10.7 Å². The fourth-order valence-electron chi connectivity index (χ4n) is 3.65. The van der Waals surface area contributed by atoms with Gasteiger partial charge in [0.15, 0.2) is 0 Å². The number of hydrogen-bond acceptors (Lipinski definition) is 7. The molecule has 144 valence electrons. The smallest absolute Gasteiger partial charge is 0.251 e. The average molecular weight is 396 g/mol. The van der Waals surface area contributed by atoms with Crippen molar-refractivity contribution in [1.82, 2.24) is 5.16 Å². The molecule has 0 radical (unpaired) electrons. The molecule has 0 saturated heterocycles. The first-order chi connectivity index (χ1) is 13.5. The van der Waals surface area contributed by atoms with Crippen molar-refractivity contribution in [3.8, 4) is 11.3 Å². The highest BCUT2D eigenvalue weighted by molar-refractivity contribution is 7.14. The van der Waals surface area contributed by atoms with Crippen LogP contribution in [0, 0.1) is 5.92 Å². The van der Waals surface area contributed by atoms with Crippen LogP contribution in [0.4, 0.5) is 5.00 Å². The SMILES string of the molecule is NC(=O)c1ccsc1NC1CCC(N)C1C(=O)c1cc(-c2ccccc2)no1. The Kier molecular flexibility index (Phi) is 4.97. The minimum atomic E-state index is -0.503. The highest BCUT2D eigenvalue weighted by atomic mass is 32.1. The monoisotopic (exact) mass is 396 g/mol. The van der Waals surface area contributed by atoms with Crippen LogP contribution in [0.25, 0.3) is 11.3 Å². The summed E-state index contributed by atoms with van der Waals surface area (Å²) >= 11 is 1.38. The van der Waals surface area contributed by atoms with Gasteiger partial charge in [0.25, 0.3) is 5.91 Å². The van der Waals surface area contributed by atoms with Crippen molar-refractivity contribution in [2.45, 2.75) is 24.9 Å². The first kappa shape index (κ1) is 18.4. The Hall–Kier alpha value is -2.97. The van der Waals surface area contributed by atoms with Gasteiger partial charge in [0.2, 0.25) is 11.5 Å². The van der Waals surface area contributed by atoms with Crippen molar-refractivity contribution < 1.29 is 14.1 Å². The molecular weight excluding hydrogens is 376 g/mol. The van der Waals surface area contributed by atoms with Crippen molar-refractivity contribution in [3.63, 3.8) is 0 Å². The molecule has 4 rings (SSSR count). The molecule has 1 fully saturated rings. The topological polar surface area (TPSA) is 124 Å². The largest absolute Gasteiger partial charge is 0.373 e. The predicted octanol–water partition coefficient (Wildman–Crippen LogP) is 2.90. The van der Waals surface area contributed by atoms with E-state index in [1.165, 1.54) is 11.3 Å². The van der Waals surface area contributed by atoms with Gasteiger partial charge < -0.3 is 21.3 Å². The molecule has 1 aromatic carbocycles. The lowest BCUT2D eigenvalue weighted by atomic mass is 9.93. The van der Waals surface area contributed by atoms with Crippen LogP contribution in [-0.4, -0.2) is 28.9 Å². The number of primary amides is 1. The fraction of sp³-hybridized carbons (Fsp3) is 0.250. The summed E-state index contributed by atoms with van der Waals surface area (Å²) in [6, 6.07) is 12.3. The standard InChI is InChI=1S/C20H20N4O3S/c21-13-6-7-14(23-20-12(19(22)26)8-9-28-20)17(13)18(25)16-10-15(24-27-16)11-4-2-1-3-5-11/h1-5,8-10,13-14,17,23H,6-7,21H2,(H2,22,26). The van der Waals surface area contributed by atoms with E-state index in [-0.39, 0.29) is 23.6 Å². The zero-order chi connectivity index (χ0) is 19.7. The highest BCUT2D eigenvalue weighted by Gasteiger charge is 2.41. The maximum Gasteiger partial charge on any atom is 0.251 e. The molecule has 0 bridgehead atoms. The molecule has 1 aliphatic rings. The molecule has 1 aliphatic carbocycles. The predicted molar refractivity (Wildman–Crippen MR) is 107 cm³/mol. The second kappa shape index (κ2) is 7.57. The number of carbonyl (C=O) groups excluding carboxylic acids is 2.